The second-order valence-electron chi connectivity index (χ2n) is 6.40. The number of para-hydroxylation sites is 1. The van der Waals surface area contributed by atoms with Crippen molar-refractivity contribution in [3.63, 3.8) is 0 Å². The minimum absolute atomic E-state index is 0.143. The molecule has 1 saturated heterocycles. The number of benzene rings is 1. The average molecular weight is 404 g/mol. The number of aromatic nitrogens is 1. The SMILES string of the molecule is Cc1cc(S[C@@H](C)C(=O)NCCN2C(=O)CSC2=O)nc2c(C)cccc12. The highest BCUT2D eigenvalue weighted by Gasteiger charge is 2.29. The van der Waals surface area contributed by atoms with Crippen molar-refractivity contribution in [1.29, 1.82) is 0 Å². The van der Waals surface area contributed by atoms with E-state index >= 15 is 0 Å². The molecule has 2 heterocycles. The van der Waals surface area contributed by atoms with Crippen LogP contribution in [-0.2, 0) is 9.59 Å². The Labute approximate surface area is 166 Å². The molecule has 1 aliphatic heterocycles. The summed E-state index contributed by atoms with van der Waals surface area (Å²) in [7, 11) is 0. The number of aryl methyl sites for hydroxylation is 2. The quantitative estimate of drug-likeness (QED) is 0.747. The van der Waals surface area contributed by atoms with Gasteiger partial charge in [0.05, 0.1) is 21.5 Å². The number of hydrogen-bond acceptors (Lipinski definition) is 6. The van der Waals surface area contributed by atoms with Gasteiger partial charge >= 0.3 is 0 Å². The molecule has 1 fully saturated rings. The third-order valence-corrected chi connectivity index (χ3v) is 6.24. The molecule has 2 aromatic rings. The average Bonchev–Trinajstić information content (AvgIpc) is 2.94. The van der Waals surface area contributed by atoms with Crippen LogP contribution in [0.3, 0.4) is 0 Å². The Bertz CT molecular complexity index is 900. The summed E-state index contributed by atoms with van der Waals surface area (Å²) in [6.45, 7) is 6.35. The van der Waals surface area contributed by atoms with Gasteiger partial charge in [-0.05, 0) is 38.0 Å². The highest BCUT2D eigenvalue weighted by atomic mass is 32.2. The van der Waals surface area contributed by atoms with Gasteiger partial charge in [-0.15, -0.1) is 0 Å². The monoisotopic (exact) mass is 403 g/mol. The van der Waals surface area contributed by atoms with E-state index in [0.29, 0.717) is 0 Å². The summed E-state index contributed by atoms with van der Waals surface area (Å²) in [5.41, 5.74) is 3.19. The maximum atomic E-state index is 12.3. The minimum Gasteiger partial charge on any atom is -0.353 e. The minimum atomic E-state index is -0.335. The molecule has 1 N–H and O–H groups in total. The molecular formula is C19H21N3O3S2. The summed E-state index contributed by atoms with van der Waals surface area (Å²) in [5, 5.41) is 4.13. The summed E-state index contributed by atoms with van der Waals surface area (Å²) in [5.74, 6) is -0.158. The van der Waals surface area contributed by atoms with E-state index in [1.165, 1.54) is 16.7 Å². The fourth-order valence-electron chi connectivity index (χ4n) is 2.86. The van der Waals surface area contributed by atoms with Crippen molar-refractivity contribution in [2.75, 3.05) is 18.8 Å². The van der Waals surface area contributed by atoms with Crippen LogP contribution in [0.15, 0.2) is 29.3 Å². The van der Waals surface area contributed by atoms with Crippen LogP contribution < -0.4 is 5.32 Å². The second kappa shape index (κ2) is 8.31. The number of nitrogens with zero attached hydrogens (tertiary/aromatic N) is 2. The van der Waals surface area contributed by atoms with Crippen LogP contribution >= 0.6 is 23.5 Å². The number of carbonyl (C=O) groups excluding carboxylic acids is 3. The first kappa shape index (κ1) is 19.7. The highest BCUT2D eigenvalue weighted by molar-refractivity contribution is 8.14. The van der Waals surface area contributed by atoms with Gasteiger partial charge in [0.2, 0.25) is 11.8 Å². The molecule has 0 aliphatic carbocycles. The van der Waals surface area contributed by atoms with E-state index in [9.17, 15) is 14.4 Å². The van der Waals surface area contributed by atoms with Crippen LogP contribution in [0.4, 0.5) is 4.79 Å². The van der Waals surface area contributed by atoms with E-state index in [4.69, 9.17) is 4.98 Å². The number of imide groups is 1. The third-order valence-electron chi connectivity index (χ3n) is 4.37. The summed E-state index contributed by atoms with van der Waals surface area (Å²) in [4.78, 5) is 41.3. The largest absolute Gasteiger partial charge is 0.353 e. The van der Waals surface area contributed by atoms with Crippen LogP contribution in [0, 0.1) is 13.8 Å². The Morgan fingerprint density at radius 1 is 1.33 bits per heavy atom. The Morgan fingerprint density at radius 3 is 2.81 bits per heavy atom. The highest BCUT2D eigenvalue weighted by Crippen LogP contribution is 2.28. The van der Waals surface area contributed by atoms with E-state index in [2.05, 4.69) is 11.4 Å². The van der Waals surface area contributed by atoms with Gasteiger partial charge in [0.25, 0.3) is 5.24 Å². The zero-order chi connectivity index (χ0) is 19.6. The molecule has 0 spiro atoms. The molecule has 1 atom stereocenters. The van der Waals surface area contributed by atoms with E-state index in [1.807, 2.05) is 39.0 Å². The van der Waals surface area contributed by atoms with E-state index in [-0.39, 0.29) is 41.1 Å². The van der Waals surface area contributed by atoms with Gasteiger partial charge in [0.15, 0.2) is 0 Å². The Balaban J connectivity index is 1.59. The number of fused-ring (bicyclic) bond motifs is 1. The summed E-state index contributed by atoms with van der Waals surface area (Å²) in [6, 6.07) is 8.09. The fraction of sp³-hybridized carbons (Fsp3) is 0.368. The molecule has 6 nitrogen and oxygen atoms in total. The van der Waals surface area contributed by atoms with Crippen molar-refractivity contribution in [3.8, 4) is 0 Å². The van der Waals surface area contributed by atoms with Crippen LogP contribution in [0.2, 0.25) is 0 Å². The first-order chi connectivity index (χ1) is 12.9. The number of rotatable bonds is 6. The molecule has 0 unspecified atom stereocenters. The predicted molar refractivity (Wildman–Crippen MR) is 109 cm³/mol. The molecule has 1 aliphatic rings. The molecule has 0 bridgehead atoms. The van der Waals surface area contributed by atoms with Gasteiger partial charge in [0.1, 0.15) is 0 Å². The van der Waals surface area contributed by atoms with Crippen molar-refractivity contribution in [2.24, 2.45) is 0 Å². The number of nitrogens with one attached hydrogen (secondary N) is 1. The van der Waals surface area contributed by atoms with Crippen molar-refractivity contribution in [1.82, 2.24) is 15.2 Å². The van der Waals surface area contributed by atoms with E-state index < -0.39 is 0 Å². The van der Waals surface area contributed by atoms with Crippen LogP contribution in [0.25, 0.3) is 10.9 Å². The lowest BCUT2D eigenvalue weighted by Gasteiger charge is -2.16. The van der Waals surface area contributed by atoms with Gasteiger partial charge in [-0.3, -0.25) is 19.3 Å². The number of pyridine rings is 1. The van der Waals surface area contributed by atoms with Gasteiger partial charge < -0.3 is 5.32 Å². The number of amides is 3. The lowest BCUT2D eigenvalue weighted by Crippen LogP contribution is -2.39. The maximum Gasteiger partial charge on any atom is 0.288 e. The predicted octanol–water partition coefficient (Wildman–Crippen LogP) is 3.14. The third kappa shape index (κ3) is 4.44. The van der Waals surface area contributed by atoms with Crippen molar-refractivity contribution in [2.45, 2.75) is 31.0 Å². The normalized spacial score (nSPS) is 15.4. The summed E-state index contributed by atoms with van der Waals surface area (Å²) in [6.07, 6.45) is 0. The van der Waals surface area contributed by atoms with Gasteiger partial charge in [-0.1, -0.05) is 41.7 Å². The number of carbonyl (C=O) groups is 3. The second-order valence-corrected chi connectivity index (χ2v) is 8.69. The van der Waals surface area contributed by atoms with E-state index in [0.717, 1.165) is 38.8 Å². The van der Waals surface area contributed by atoms with Crippen LogP contribution in [0.1, 0.15) is 18.1 Å². The van der Waals surface area contributed by atoms with Crippen LogP contribution in [0.5, 0.6) is 0 Å². The topological polar surface area (TPSA) is 79.4 Å². The van der Waals surface area contributed by atoms with Crippen LogP contribution in [-0.4, -0.2) is 51.0 Å². The van der Waals surface area contributed by atoms with Gasteiger partial charge in [-0.25, -0.2) is 4.98 Å². The number of hydrogen-bond donors (Lipinski definition) is 1. The summed E-state index contributed by atoms with van der Waals surface area (Å²) >= 11 is 2.39. The molecule has 1 aromatic carbocycles. The smallest absolute Gasteiger partial charge is 0.288 e. The van der Waals surface area contributed by atoms with Gasteiger partial charge in [-0.2, -0.15) is 0 Å². The molecule has 0 saturated carbocycles. The molecule has 1 aromatic heterocycles. The van der Waals surface area contributed by atoms with E-state index in [1.54, 1.807) is 0 Å². The van der Waals surface area contributed by atoms with Crippen molar-refractivity contribution >= 4 is 51.5 Å². The Morgan fingerprint density at radius 2 is 2.11 bits per heavy atom. The Hall–Kier alpha value is -2.06. The lowest BCUT2D eigenvalue weighted by molar-refractivity contribution is -0.125. The molecule has 3 rings (SSSR count). The first-order valence-corrected chi connectivity index (χ1v) is 10.5. The summed E-state index contributed by atoms with van der Waals surface area (Å²) < 4.78 is 0. The molecule has 8 heteroatoms. The molecule has 142 valence electrons. The zero-order valence-electron chi connectivity index (χ0n) is 15.4. The molecular weight excluding hydrogens is 382 g/mol. The molecule has 3 amide bonds. The molecule has 0 radical (unpaired) electrons. The molecule has 27 heavy (non-hydrogen) atoms. The number of thioether (sulfide) groups is 2. The Kier molecular flexibility index (Phi) is 6.06. The lowest BCUT2D eigenvalue weighted by atomic mass is 10.1. The first-order valence-electron chi connectivity index (χ1n) is 8.65. The van der Waals surface area contributed by atoms with Gasteiger partial charge in [0, 0.05) is 18.5 Å². The van der Waals surface area contributed by atoms with Crippen molar-refractivity contribution < 1.29 is 14.4 Å². The maximum absolute atomic E-state index is 12.3. The van der Waals surface area contributed by atoms with Crippen molar-refractivity contribution in [3.05, 3.63) is 35.4 Å². The standard InChI is InChI=1S/C19H21N3O3S2/c1-11-5-4-6-14-12(2)9-15(21-17(11)14)27-13(3)18(24)20-7-8-22-16(23)10-26-19(22)25/h4-6,9,13H,7-8,10H2,1-3H3,(H,20,24)/t13-/m0/s1. The fourth-order valence-corrected chi connectivity index (χ4v) is 4.55. The zero-order valence-corrected chi connectivity index (χ0v) is 17.1.